The summed E-state index contributed by atoms with van der Waals surface area (Å²) in [6.45, 7) is 1.95. The van der Waals surface area contributed by atoms with Crippen LogP contribution < -0.4 is 10.7 Å². The van der Waals surface area contributed by atoms with Crippen molar-refractivity contribution in [2.45, 2.75) is 13.0 Å². The fraction of sp³-hybridized carbons (Fsp3) is 0.0833. The molecule has 0 fully saturated rings. The summed E-state index contributed by atoms with van der Waals surface area (Å²) < 4.78 is 0. The van der Waals surface area contributed by atoms with Crippen LogP contribution in [0, 0.1) is 0 Å². The molecule has 2 N–H and O–H groups in total. The van der Waals surface area contributed by atoms with E-state index in [4.69, 9.17) is 0 Å². The Balaban J connectivity index is 1.71. The normalized spacial score (nSPS) is 11.9. The lowest BCUT2D eigenvalue weighted by molar-refractivity contribution is 0.0940. The fourth-order valence-electron chi connectivity index (χ4n) is 3.36. The average Bonchev–Trinajstić information content (AvgIpc) is 2.74. The summed E-state index contributed by atoms with van der Waals surface area (Å²) in [5.41, 5.74) is 3.56. The van der Waals surface area contributed by atoms with E-state index in [2.05, 4.69) is 10.3 Å². The monoisotopic (exact) mass is 368 g/mol. The smallest absolute Gasteiger partial charge is 0.252 e. The van der Waals surface area contributed by atoms with Crippen LogP contribution in [0.15, 0.2) is 89.7 Å². The number of H-pyrrole nitrogens is 1. The van der Waals surface area contributed by atoms with Gasteiger partial charge in [0, 0.05) is 28.1 Å². The summed E-state index contributed by atoms with van der Waals surface area (Å²) in [5.74, 6) is -0.180. The summed E-state index contributed by atoms with van der Waals surface area (Å²) >= 11 is 0. The maximum Gasteiger partial charge on any atom is 0.252 e. The molecule has 0 saturated heterocycles. The summed E-state index contributed by atoms with van der Waals surface area (Å²) in [6, 6.07) is 25.9. The van der Waals surface area contributed by atoms with Gasteiger partial charge in [0.1, 0.15) is 0 Å². The molecular formula is C24H20N2O2. The molecule has 4 heteroatoms. The highest BCUT2D eigenvalue weighted by atomic mass is 16.1. The number of hydrogen-bond acceptors (Lipinski definition) is 2. The number of fused-ring (bicyclic) bond motifs is 1. The average molecular weight is 368 g/mol. The number of aromatic nitrogens is 1. The van der Waals surface area contributed by atoms with Crippen molar-refractivity contribution in [3.8, 4) is 11.3 Å². The SMILES string of the molecule is C[C@H](NC(=O)c1ccccc1-c1cc(=O)c2ccccc2[nH]1)c1ccccc1. The Morgan fingerprint density at radius 2 is 1.57 bits per heavy atom. The van der Waals surface area contributed by atoms with Crippen LogP contribution in [0.1, 0.15) is 28.9 Å². The molecule has 1 aromatic heterocycles. The molecule has 1 heterocycles. The third-order valence-corrected chi connectivity index (χ3v) is 4.85. The van der Waals surface area contributed by atoms with Gasteiger partial charge in [0.15, 0.2) is 5.43 Å². The van der Waals surface area contributed by atoms with Gasteiger partial charge in [-0.3, -0.25) is 9.59 Å². The molecule has 0 bridgehead atoms. The van der Waals surface area contributed by atoms with E-state index in [-0.39, 0.29) is 17.4 Å². The van der Waals surface area contributed by atoms with Crippen molar-refractivity contribution in [2.75, 3.05) is 0 Å². The molecule has 0 aliphatic carbocycles. The van der Waals surface area contributed by atoms with Crippen LogP contribution in [0.3, 0.4) is 0 Å². The zero-order valence-electron chi connectivity index (χ0n) is 15.5. The maximum absolute atomic E-state index is 13.0. The minimum Gasteiger partial charge on any atom is -0.354 e. The van der Waals surface area contributed by atoms with Crippen molar-refractivity contribution < 1.29 is 4.79 Å². The first-order valence-electron chi connectivity index (χ1n) is 9.21. The van der Waals surface area contributed by atoms with Gasteiger partial charge in [-0.25, -0.2) is 0 Å². The predicted octanol–water partition coefficient (Wildman–Crippen LogP) is 4.69. The Kier molecular flexibility index (Phi) is 4.77. The van der Waals surface area contributed by atoms with E-state index >= 15 is 0 Å². The highest BCUT2D eigenvalue weighted by Crippen LogP contribution is 2.23. The molecule has 1 atom stereocenters. The van der Waals surface area contributed by atoms with E-state index in [1.54, 1.807) is 18.2 Å². The van der Waals surface area contributed by atoms with Crippen LogP contribution in [-0.2, 0) is 0 Å². The number of para-hydroxylation sites is 1. The lowest BCUT2D eigenvalue weighted by Gasteiger charge is -2.16. The van der Waals surface area contributed by atoms with E-state index in [1.165, 1.54) is 0 Å². The summed E-state index contributed by atoms with van der Waals surface area (Å²) in [4.78, 5) is 28.7. The molecule has 138 valence electrons. The molecule has 4 aromatic rings. The van der Waals surface area contributed by atoms with Crippen molar-refractivity contribution in [1.82, 2.24) is 10.3 Å². The number of carbonyl (C=O) groups excluding carboxylic acids is 1. The van der Waals surface area contributed by atoms with Gasteiger partial charge in [-0.2, -0.15) is 0 Å². The second-order valence-corrected chi connectivity index (χ2v) is 6.74. The van der Waals surface area contributed by atoms with E-state index in [9.17, 15) is 9.59 Å². The van der Waals surface area contributed by atoms with E-state index in [0.717, 1.165) is 11.1 Å². The number of pyridine rings is 1. The van der Waals surface area contributed by atoms with Gasteiger partial charge in [-0.1, -0.05) is 60.7 Å². The van der Waals surface area contributed by atoms with Gasteiger partial charge < -0.3 is 10.3 Å². The second-order valence-electron chi connectivity index (χ2n) is 6.74. The van der Waals surface area contributed by atoms with Crippen LogP contribution in [-0.4, -0.2) is 10.9 Å². The molecule has 0 aliphatic rings. The number of amides is 1. The topological polar surface area (TPSA) is 62.0 Å². The molecule has 1 amide bonds. The Labute approximate surface area is 162 Å². The van der Waals surface area contributed by atoms with Crippen molar-refractivity contribution in [2.24, 2.45) is 0 Å². The summed E-state index contributed by atoms with van der Waals surface area (Å²) in [5, 5.41) is 3.67. The van der Waals surface area contributed by atoms with Crippen molar-refractivity contribution in [3.05, 3.63) is 106 Å². The molecule has 28 heavy (non-hydrogen) atoms. The molecule has 4 rings (SSSR count). The fourth-order valence-corrected chi connectivity index (χ4v) is 3.36. The zero-order chi connectivity index (χ0) is 19.5. The van der Waals surface area contributed by atoms with Crippen LogP contribution in [0.4, 0.5) is 0 Å². The second kappa shape index (κ2) is 7.53. The predicted molar refractivity (Wildman–Crippen MR) is 112 cm³/mol. The van der Waals surface area contributed by atoms with Crippen LogP contribution in [0.25, 0.3) is 22.2 Å². The molecule has 0 saturated carbocycles. The number of nitrogens with one attached hydrogen (secondary N) is 2. The summed E-state index contributed by atoms with van der Waals surface area (Å²) in [6.07, 6.45) is 0. The first-order chi connectivity index (χ1) is 13.6. The number of carbonyl (C=O) groups is 1. The van der Waals surface area contributed by atoms with Crippen molar-refractivity contribution in [1.29, 1.82) is 0 Å². The van der Waals surface area contributed by atoms with Gasteiger partial charge in [0.2, 0.25) is 0 Å². The zero-order valence-corrected chi connectivity index (χ0v) is 15.5. The maximum atomic E-state index is 13.0. The lowest BCUT2D eigenvalue weighted by Crippen LogP contribution is -2.27. The first-order valence-corrected chi connectivity index (χ1v) is 9.21. The van der Waals surface area contributed by atoms with E-state index in [1.807, 2.05) is 73.7 Å². The number of hydrogen-bond donors (Lipinski definition) is 2. The minimum absolute atomic E-state index is 0.0720. The molecule has 0 radical (unpaired) electrons. The molecule has 0 unspecified atom stereocenters. The number of benzene rings is 3. The lowest BCUT2D eigenvalue weighted by atomic mass is 10.0. The highest BCUT2D eigenvalue weighted by Gasteiger charge is 2.16. The van der Waals surface area contributed by atoms with Crippen LogP contribution in [0.2, 0.25) is 0 Å². The number of rotatable bonds is 4. The standard InChI is InChI=1S/C24H20N2O2/c1-16(17-9-3-2-4-10-17)25-24(28)19-12-6-5-11-18(19)22-15-23(27)20-13-7-8-14-21(20)26-22/h2-16H,1H3,(H,25,28)(H,26,27)/t16-/m0/s1. The van der Waals surface area contributed by atoms with Gasteiger partial charge in [-0.15, -0.1) is 0 Å². The van der Waals surface area contributed by atoms with E-state index < -0.39 is 0 Å². The van der Waals surface area contributed by atoms with Crippen molar-refractivity contribution in [3.63, 3.8) is 0 Å². The third kappa shape index (κ3) is 3.45. The molecule has 0 aliphatic heterocycles. The van der Waals surface area contributed by atoms with Crippen molar-refractivity contribution >= 4 is 16.8 Å². The van der Waals surface area contributed by atoms with Crippen LogP contribution >= 0.6 is 0 Å². The Morgan fingerprint density at radius 3 is 2.39 bits per heavy atom. The molecule has 4 nitrogen and oxygen atoms in total. The molecule has 0 spiro atoms. The third-order valence-electron chi connectivity index (χ3n) is 4.85. The van der Waals surface area contributed by atoms with E-state index in [0.29, 0.717) is 22.2 Å². The molecule has 3 aromatic carbocycles. The first kappa shape index (κ1) is 17.7. The highest BCUT2D eigenvalue weighted by molar-refractivity contribution is 6.01. The summed E-state index contributed by atoms with van der Waals surface area (Å²) in [7, 11) is 0. The quantitative estimate of drug-likeness (QED) is 0.549. The molecular weight excluding hydrogens is 348 g/mol. The number of aromatic amines is 1. The van der Waals surface area contributed by atoms with Crippen LogP contribution in [0.5, 0.6) is 0 Å². The Morgan fingerprint density at radius 1 is 0.893 bits per heavy atom. The minimum atomic E-state index is -0.180. The van der Waals surface area contributed by atoms with Gasteiger partial charge in [0.25, 0.3) is 5.91 Å². The van der Waals surface area contributed by atoms with Gasteiger partial charge in [-0.05, 0) is 30.7 Å². The van der Waals surface area contributed by atoms with Gasteiger partial charge in [0.05, 0.1) is 11.7 Å². The van der Waals surface area contributed by atoms with Gasteiger partial charge >= 0.3 is 0 Å². The Bertz CT molecular complexity index is 1200. The Hall–Kier alpha value is -3.66. The largest absolute Gasteiger partial charge is 0.354 e.